The van der Waals surface area contributed by atoms with Crippen molar-refractivity contribution < 1.29 is 9.90 Å². The lowest BCUT2D eigenvalue weighted by molar-refractivity contribution is 0.0696. The summed E-state index contributed by atoms with van der Waals surface area (Å²) >= 11 is 0. The van der Waals surface area contributed by atoms with Crippen molar-refractivity contribution in [2.24, 2.45) is 0 Å². The van der Waals surface area contributed by atoms with Crippen LogP contribution >= 0.6 is 0 Å². The van der Waals surface area contributed by atoms with Crippen LogP contribution in [0.15, 0.2) is 18.3 Å². The molecule has 2 aromatic rings. The van der Waals surface area contributed by atoms with Gasteiger partial charge in [-0.25, -0.2) is 14.8 Å². The molecule has 0 aliphatic carbocycles. The van der Waals surface area contributed by atoms with Crippen LogP contribution in [0.3, 0.4) is 0 Å². The number of aromatic carboxylic acids is 1. The molecule has 6 heteroatoms. The number of aryl methyl sites for hydroxylation is 1. The van der Waals surface area contributed by atoms with E-state index in [1.165, 1.54) is 0 Å². The molecule has 0 saturated heterocycles. The Morgan fingerprint density at radius 1 is 1.50 bits per heavy atom. The van der Waals surface area contributed by atoms with Gasteiger partial charge < -0.3 is 15.8 Å². The molecule has 0 unspecified atom stereocenters. The van der Waals surface area contributed by atoms with Crippen molar-refractivity contribution in [3.63, 3.8) is 0 Å². The van der Waals surface area contributed by atoms with E-state index in [1.807, 2.05) is 0 Å². The summed E-state index contributed by atoms with van der Waals surface area (Å²) in [7, 11) is 0. The van der Waals surface area contributed by atoms with Crippen LogP contribution in [0.1, 0.15) is 16.1 Å². The number of aromatic amines is 1. The summed E-state index contributed by atoms with van der Waals surface area (Å²) in [4.78, 5) is 21.8. The van der Waals surface area contributed by atoms with E-state index in [4.69, 9.17) is 10.8 Å². The molecule has 2 heterocycles. The molecule has 0 amide bonds. The highest BCUT2D eigenvalue weighted by Gasteiger charge is 2.16. The number of hydrogen-bond acceptors (Lipinski definition) is 4. The first kappa shape index (κ1) is 10.2. The van der Waals surface area contributed by atoms with E-state index < -0.39 is 5.97 Å². The lowest BCUT2D eigenvalue weighted by atomic mass is 10.2. The van der Waals surface area contributed by atoms with Crippen molar-refractivity contribution in [1.29, 1.82) is 0 Å². The number of anilines is 1. The summed E-state index contributed by atoms with van der Waals surface area (Å²) in [5, 5.41) is 8.90. The normalized spacial score (nSPS) is 10.3. The molecule has 0 saturated carbocycles. The van der Waals surface area contributed by atoms with Gasteiger partial charge in [0.05, 0.1) is 11.4 Å². The predicted molar refractivity (Wildman–Crippen MR) is 57.9 cm³/mol. The van der Waals surface area contributed by atoms with Gasteiger partial charge in [-0.1, -0.05) is 0 Å². The smallest absolute Gasteiger partial charge is 0.341 e. The van der Waals surface area contributed by atoms with Gasteiger partial charge in [-0.3, -0.25) is 0 Å². The summed E-state index contributed by atoms with van der Waals surface area (Å²) in [6.07, 6.45) is 1.73. The maximum atomic E-state index is 10.9. The number of nitrogen functional groups attached to an aromatic ring is 1. The van der Waals surface area contributed by atoms with E-state index >= 15 is 0 Å². The van der Waals surface area contributed by atoms with E-state index in [1.54, 1.807) is 25.3 Å². The van der Waals surface area contributed by atoms with Gasteiger partial charge in [-0.05, 0) is 19.1 Å². The Morgan fingerprint density at radius 2 is 2.25 bits per heavy atom. The highest BCUT2D eigenvalue weighted by molar-refractivity contribution is 5.94. The second kappa shape index (κ2) is 3.65. The molecular formula is C10H10N4O2. The molecule has 16 heavy (non-hydrogen) atoms. The van der Waals surface area contributed by atoms with Crippen molar-refractivity contribution in [2.45, 2.75) is 6.92 Å². The standard InChI is InChI=1S/C10H10N4O2/c1-5-7(10(15)16)8(11)14-9(13-5)6-3-2-4-12-6/h2-4,12H,1H3,(H,15,16)(H2,11,13,14). The number of carboxylic acid groups (broad SMARTS) is 1. The average Bonchev–Trinajstić information content (AvgIpc) is 2.67. The molecular weight excluding hydrogens is 208 g/mol. The van der Waals surface area contributed by atoms with E-state index in [-0.39, 0.29) is 11.4 Å². The molecule has 0 atom stereocenters. The van der Waals surface area contributed by atoms with Crippen LogP contribution in [0.5, 0.6) is 0 Å². The lowest BCUT2D eigenvalue weighted by Crippen LogP contribution is -2.10. The molecule has 0 spiro atoms. The molecule has 0 fully saturated rings. The first-order valence-corrected chi connectivity index (χ1v) is 4.60. The van der Waals surface area contributed by atoms with Gasteiger partial charge >= 0.3 is 5.97 Å². The number of rotatable bonds is 2. The summed E-state index contributed by atoms with van der Waals surface area (Å²) in [5.74, 6) is -0.748. The van der Waals surface area contributed by atoms with Crippen LogP contribution in [-0.4, -0.2) is 26.0 Å². The Bertz CT molecular complexity index is 511. The maximum Gasteiger partial charge on any atom is 0.341 e. The van der Waals surface area contributed by atoms with Crippen molar-refractivity contribution >= 4 is 11.8 Å². The van der Waals surface area contributed by atoms with Gasteiger partial charge in [0.1, 0.15) is 11.4 Å². The third-order valence-corrected chi connectivity index (χ3v) is 2.17. The van der Waals surface area contributed by atoms with Crippen LogP contribution in [0, 0.1) is 6.92 Å². The number of hydrogen-bond donors (Lipinski definition) is 3. The second-order valence-electron chi connectivity index (χ2n) is 3.28. The Labute approximate surface area is 91.2 Å². The number of aromatic nitrogens is 3. The Balaban J connectivity index is 2.58. The minimum atomic E-state index is -1.12. The van der Waals surface area contributed by atoms with Crippen LogP contribution in [-0.2, 0) is 0 Å². The summed E-state index contributed by atoms with van der Waals surface area (Å²) in [6, 6.07) is 3.59. The first-order chi connectivity index (χ1) is 7.59. The monoisotopic (exact) mass is 218 g/mol. The zero-order valence-corrected chi connectivity index (χ0v) is 8.56. The van der Waals surface area contributed by atoms with Gasteiger partial charge in [-0.2, -0.15) is 0 Å². The molecule has 4 N–H and O–H groups in total. The van der Waals surface area contributed by atoms with E-state index in [0.29, 0.717) is 17.2 Å². The third-order valence-electron chi connectivity index (χ3n) is 2.17. The van der Waals surface area contributed by atoms with Crippen LogP contribution in [0.4, 0.5) is 5.82 Å². The third kappa shape index (κ3) is 1.60. The average molecular weight is 218 g/mol. The Kier molecular flexibility index (Phi) is 2.32. The molecule has 2 rings (SSSR count). The van der Waals surface area contributed by atoms with Crippen LogP contribution in [0.2, 0.25) is 0 Å². The number of carboxylic acids is 1. The van der Waals surface area contributed by atoms with Gasteiger partial charge in [-0.15, -0.1) is 0 Å². The fourth-order valence-electron chi connectivity index (χ4n) is 1.45. The zero-order chi connectivity index (χ0) is 11.7. The first-order valence-electron chi connectivity index (χ1n) is 4.60. The fraction of sp³-hybridized carbons (Fsp3) is 0.100. The van der Waals surface area contributed by atoms with Crippen LogP contribution < -0.4 is 5.73 Å². The molecule has 0 aliphatic rings. The van der Waals surface area contributed by atoms with Gasteiger partial charge in [0.2, 0.25) is 0 Å². The SMILES string of the molecule is Cc1nc(-c2ccc[nH]2)nc(N)c1C(=O)O. The Hall–Kier alpha value is -2.37. The largest absolute Gasteiger partial charge is 0.477 e. The van der Waals surface area contributed by atoms with E-state index in [2.05, 4.69) is 15.0 Å². The molecule has 0 aliphatic heterocycles. The maximum absolute atomic E-state index is 10.9. The quantitative estimate of drug-likeness (QED) is 0.699. The number of carbonyl (C=O) groups is 1. The molecule has 82 valence electrons. The minimum Gasteiger partial charge on any atom is -0.477 e. The summed E-state index contributed by atoms with van der Waals surface area (Å²) in [5.41, 5.74) is 6.59. The molecule has 0 bridgehead atoms. The van der Waals surface area contributed by atoms with Crippen molar-refractivity contribution in [2.75, 3.05) is 5.73 Å². The second-order valence-corrected chi connectivity index (χ2v) is 3.28. The predicted octanol–water partition coefficient (Wildman–Crippen LogP) is 1.06. The number of nitrogens with zero attached hydrogens (tertiary/aromatic N) is 2. The van der Waals surface area contributed by atoms with E-state index in [9.17, 15) is 4.79 Å². The summed E-state index contributed by atoms with van der Waals surface area (Å²) < 4.78 is 0. The Morgan fingerprint density at radius 3 is 2.75 bits per heavy atom. The zero-order valence-electron chi connectivity index (χ0n) is 8.56. The fourth-order valence-corrected chi connectivity index (χ4v) is 1.45. The minimum absolute atomic E-state index is 0.0235. The summed E-state index contributed by atoms with van der Waals surface area (Å²) in [6.45, 7) is 1.59. The lowest BCUT2D eigenvalue weighted by Gasteiger charge is -2.05. The number of nitrogens with one attached hydrogen (secondary N) is 1. The topological polar surface area (TPSA) is 105 Å². The van der Waals surface area contributed by atoms with Gasteiger partial charge in [0.15, 0.2) is 5.82 Å². The number of nitrogens with two attached hydrogens (primary N) is 1. The van der Waals surface area contributed by atoms with Gasteiger partial charge in [0.25, 0.3) is 0 Å². The van der Waals surface area contributed by atoms with Crippen molar-refractivity contribution in [1.82, 2.24) is 15.0 Å². The number of H-pyrrole nitrogens is 1. The van der Waals surface area contributed by atoms with Gasteiger partial charge in [0, 0.05) is 6.20 Å². The molecule has 2 aromatic heterocycles. The van der Waals surface area contributed by atoms with E-state index in [0.717, 1.165) is 0 Å². The van der Waals surface area contributed by atoms with Crippen molar-refractivity contribution in [3.8, 4) is 11.5 Å². The molecule has 0 radical (unpaired) electrons. The molecule has 6 nitrogen and oxygen atoms in total. The molecule has 0 aromatic carbocycles. The van der Waals surface area contributed by atoms with Crippen molar-refractivity contribution in [3.05, 3.63) is 29.6 Å². The highest BCUT2D eigenvalue weighted by Crippen LogP contribution is 2.18. The van der Waals surface area contributed by atoms with Crippen LogP contribution in [0.25, 0.3) is 11.5 Å². The highest BCUT2D eigenvalue weighted by atomic mass is 16.4.